The van der Waals surface area contributed by atoms with Crippen molar-refractivity contribution in [3.8, 4) is 0 Å². The molecule has 3 aromatic rings. The van der Waals surface area contributed by atoms with Gasteiger partial charge in [0.2, 0.25) is 0 Å². The van der Waals surface area contributed by atoms with Crippen LogP contribution in [-0.2, 0) is 11.3 Å². The predicted molar refractivity (Wildman–Crippen MR) is 153 cm³/mol. The quantitative estimate of drug-likeness (QED) is 0.292. The molecule has 5 rings (SSSR count). The number of hydrogen-bond acceptors (Lipinski definition) is 9. The fraction of sp³-hybridized carbons (Fsp3) is 0.536. The Kier molecular flexibility index (Phi) is 7.74. The first-order chi connectivity index (χ1) is 18.1. The number of nitrogens with one attached hydrogen (secondary N) is 3. The Morgan fingerprint density at radius 2 is 1.89 bits per heavy atom. The van der Waals surface area contributed by atoms with Crippen LogP contribution in [0.3, 0.4) is 0 Å². The van der Waals surface area contributed by atoms with Gasteiger partial charge in [0.1, 0.15) is 18.2 Å². The van der Waals surface area contributed by atoms with Gasteiger partial charge < -0.3 is 25.8 Å². The summed E-state index contributed by atoms with van der Waals surface area (Å²) < 4.78 is 6.07. The Morgan fingerprint density at radius 1 is 1.13 bits per heavy atom. The molecule has 2 aromatic heterocycles. The van der Waals surface area contributed by atoms with Crippen molar-refractivity contribution in [1.82, 2.24) is 15.3 Å². The fourth-order valence-electron chi connectivity index (χ4n) is 4.71. The van der Waals surface area contributed by atoms with Crippen molar-refractivity contribution in [2.45, 2.75) is 78.1 Å². The van der Waals surface area contributed by atoms with Crippen molar-refractivity contribution in [3.63, 3.8) is 0 Å². The Bertz CT molecular complexity index is 1280. The molecule has 1 unspecified atom stereocenters. The lowest BCUT2D eigenvalue weighted by Gasteiger charge is -2.29. The summed E-state index contributed by atoms with van der Waals surface area (Å²) in [7, 11) is 0. The van der Waals surface area contributed by atoms with Crippen molar-refractivity contribution in [2.24, 2.45) is 5.41 Å². The number of nitrogens with zero attached hydrogens (tertiary/aromatic N) is 3. The largest absolute Gasteiger partial charge is 0.447 e. The molecule has 0 bridgehead atoms. The SMILES string of the molecule is CC(NCc1cc(Nc2nc3ccc(N4CCOC4=O)cc3s2)nc(N[C@H]2CC[C@H](O)CC2)c1)C(C)(C)C. The number of carbonyl (C=O) groups is 1. The number of thiazole rings is 1. The molecule has 2 fully saturated rings. The highest BCUT2D eigenvalue weighted by Gasteiger charge is 2.24. The van der Waals surface area contributed by atoms with Crippen LogP contribution < -0.4 is 20.9 Å². The third kappa shape index (κ3) is 6.36. The van der Waals surface area contributed by atoms with Crippen LogP contribution in [0.1, 0.15) is 58.9 Å². The second-order valence-corrected chi connectivity index (χ2v) is 12.5. The van der Waals surface area contributed by atoms with Crippen molar-refractivity contribution >= 4 is 50.1 Å². The summed E-state index contributed by atoms with van der Waals surface area (Å²) >= 11 is 1.53. The number of anilines is 4. The zero-order valence-corrected chi connectivity index (χ0v) is 23.4. The lowest BCUT2D eigenvalue weighted by atomic mass is 9.88. The molecule has 1 amide bonds. The summed E-state index contributed by atoms with van der Waals surface area (Å²) in [6.45, 7) is 10.6. The highest BCUT2D eigenvalue weighted by atomic mass is 32.1. The van der Waals surface area contributed by atoms with E-state index in [1.807, 2.05) is 18.2 Å². The minimum Gasteiger partial charge on any atom is -0.447 e. The van der Waals surface area contributed by atoms with Gasteiger partial charge >= 0.3 is 6.09 Å². The average Bonchev–Trinajstić information content (AvgIpc) is 3.48. The third-order valence-corrected chi connectivity index (χ3v) is 8.46. The van der Waals surface area contributed by atoms with Crippen LogP contribution in [0.5, 0.6) is 0 Å². The number of rotatable bonds is 8. The second-order valence-electron chi connectivity index (χ2n) is 11.4. The maximum absolute atomic E-state index is 12.0. The average molecular weight is 539 g/mol. The van der Waals surface area contributed by atoms with E-state index in [-0.39, 0.29) is 17.6 Å². The summed E-state index contributed by atoms with van der Waals surface area (Å²) in [5.74, 6) is 1.56. The lowest BCUT2D eigenvalue weighted by Crippen LogP contribution is -2.37. The van der Waals surface area contributed by atoms with Gasteiger partial charge in [-0.3, -0.25) is 4.90 Å². The molecule has 1 aliphatic heterocycles. The van der Waals surface area contributed by atoms with Crippen LogP contribution in [0.25, 0.3) is 10.2 Å². The van der Waals surface area contributed by atoms with E-state index in [0.717, 1.165) is 70.5 Å². The zero-order chi connectivity index (χ0) is 26.9. The summed E-state index contributed by atoms with van der Waals surface area (Å²) in [6, 6.07) is 10.6. The van der Waals surface area contributed by atoms with E-state index in [4.69, 9.17) is 14.7 Å². The molecular formula is C28H38N6O3S. The third-order valence-electron chi connectivity index (χ3n) is 7.52. The topological polar surface area (TPSA) is 112 Å². The van der Waals surface area contributed by atoms with Crippen molar-refractivity contribution < 1.29 is 14.6 Å². The summed E-state index contributed by atoms with van der Waals surface area (Å²) in [6.07, 6.45) is 2.99. The highest BCUT2D eigenvalue weighted by Crippen LogP contribution is 2.33. The van der Waals surface area contributed by atoms with E-state index in [1.54, 1.807) is 4.90 Å². The summed E-state index contributed by atoms with van der Waals surface area (Å²) in [5.41, 5.74) is 2.97. The highest BCUT2D eigenvalue weighted by molar-refractivity contribution is 7.22. The molecule has 1 aromatic carbocycles. The molecule has 0 spiro atoms. The Balaban J connectivity index is 1.36. The van der Waals surface area contributed by atoms with Gasteiger partial charge in [-0.1, -0.05) is 32.1 Å². The summed E-state index contributed by atoms with van der Waals surface area (Å²) in [4.78, 5) is 23.2. The number of ether oxygens (including phenoxy) is 1. The Hall–Kier alpha value is -2.95. The van der Waals surface area contributed by atoms with Crippen LogP contribution in [0.15, 0.2) is 30.3 Å². The number of aliphatic hydroxyl groups excluding tert-OH is 1. The predicted octanol–water partition coefficient (Wildman–Crippen LogP) is 5.63. The number of fused-ring (bicyclic) bond motifs is 1. The smallest absolute Gasteiger partial charge is 0.414 e. The number of aromatic nitrogens is 2. The number of carbonyl (C=O) groups excluding carboxylic acids is 1. The van der Waals surface area contributed by atoms with Crippen LogP contribution in [0, 0.1) is 5.41 Å². The molecule has 2 aliphatic rings. The van der Waals surface area contributed by atoms with E-state index in [0.29, 0.717) is 25.2 Å². The fourth-order valence-corrected chi connectivity index (χ4v) is 5.61. The van der Waals surface area contributed by atoms with Gasteiger partial charge in [0, 0.05) is 24.3 Å². The zero-order valence-electron chi connectivity index (χ0n) is 22.6. The minimum absolute atomic E-state index is 0.157. The van der Waals surface area contributed by atoms with Crippen LogP contribution in [0.2, 0.25) is 0 Å². The monoisotopic (exact) mass is 538 g/mol. The first kappa shape index (κ1) is 26.6. The molecule has 0 radical (unpaired) electrons. The molecule has 204 valence electrons. The number of cyclic esters (lactones) is 1. The normalized spacial score (nSPS) is 21.0. The van der Waals surface area contributed by atoms with Gasteiger partial charge in [0.15, 0.2) is 5.13 Å². The molecule has 1 saturated heterocycles. The first-order valence-corrected chi connectivity index (χ1v) is 14.3. The van der Waals surface area contributed by atoms with Gasteiger partial charge in [0.25, 0.3) is 0 Å². The van der Waals surface area contributed by atoms with Crippen molar-refractivity contribution in [1.29, 1.82) is 0 Å². The van der Waals surface area contributed by atoms with E-state index in [2.05, 4.69) is 55.8 Å². The molecule has 3 heterocycles. The summed E-state index contributed by atoms with van der Waals surface area (Å²) in [5, 5.41) is 21.3. The van der Waals surface area contributed by atoms with Gasteiger partial charge in [-0.15, -0.1) is 0 Å². The lowest BCUT2D eigenvalue weighted by molar-refractivity contribution is 0.126. The van der Waals surface area contributed by atoms with E-state index < -0.39 is 0 Å². The maximum atomic E-state index is 12.0. The maximum Gasteiger partial charge on any atom is 0.414 e. The molecule has 10 heteroatoms. The number of pyridine rings is 1. The van der Waals surface area contributed by atoms with Crippen LogP contribution >= 0.6 is 11.3 Å². The van der Waals surface area contributed by atoms with E-state index in [9.17, 15) is 9.90 Å². The molecule has 1 atom stereocenters. The van der Waals surface area contributed by atoms with Gasteiger partial charge in [-0.25, -0.2) is 14.8 Å². The van der Waals surface area contributed by atoms with E-state index in [1.165, 1.54) is 11.3 Å². The van der Waals surface area contributed by atoms with Gasteiger partial charge in [0.05, 0.1) is 22.9 Å². The van der Waals surface area contributed by atoms with E-state index >= 15 is 0 Å². The number of amides is 1. The van der Waals surface area contributed by atoms with Gasteiger partial charge in [-0.05, 0) is 73.9 Å². The Labute approximate surface area is 228 Å². The van der Waals surface area contributed by atoms with Crippen LogP contribution in [-0.4, -0.2) is 52.5 Å². The second kappa shape index (κ2) is 11.0. The number of aliphatic hydroxyl groups is 1. The Morgan fingerprint density at radius 3 is 2.61 bits per heavy atom. The van der Waals surface area contributed by atoms with Crippen molar-refractivity contribution in [3.05, 3.63) is 35.9 Å². The number of hydrogen-bond donors (Lipinski definition) is 4. The molecule has 9 nitrogen and oxygen atoms in total. The molecule has 38 heavy (non-hydrogen) atoms. The molecule has 4 N–H and O–H groups in total. The van der Waals surface area contributed by atoms with Crippen LogP contribution in [0.4, 0.5) is 27.2 Å². The standard InChI is InChI=1S/C28H38N6O3S/c1-17(28(2,3)4)29-16-18-13-24(30-19-5-8-21(35)9-6-19)32-25(14-18)33-26-31-22-10-7-20(15-23(22)38-26)34-11-12-37-27(34)36/h7,10,13-15,17,19,21,29,35H,5-6,8-9,11-12,16H2,1-4H3,(H2,30,31,32,33)/t17?,19-,21-. The first-order valence-electron chi connectivity index (χ1n) is 13.4. The molecule has 1 saturated carbocycles. The minimum atomic E-state index is -0.310. The van der Waals surface area contributed by atoms with Crippen molar-refractivity contribution in [2.75, 3.05) is 28.7 Å². The van der Waals surface area contributed by atoms with Gasteiger partial charge in [-0.2, -0.15) is 0 Å². The molecule has 1 aliphatic carbocycles. The molecular weight excluding hydrogens is 500 g/mol. The number of benzene rings is 1.